The van der Waals surface area contributed by atoms with E-state index in [1.165, 1.54) is 47.9 Å². The molecule has 0 atom stereocenters. The Morgan fingerprint density at radius 3 is 2.60 bits per heavy atom. The Hall–Kier alpha value is 0.140. The molecule has 1 saturated carbocycles. The van der Waals surface area contributed by atoms with E-state index in [9.17, 15) is 0 Å². The van der Waals surface area contributed by atoms with Crippen molar-refractivity contribution in [2.24, 2.45) is 11.1 Å². The summed E-state index contributed by atoms with van der Waals surface area (Å²) in [5, 5.41) is 2.17. The Morgan fingerprint density at radius 2 is 2.07 bits per heavy atom. The van der Waals surface area contributed by atoms with E-state index in [4.69, 9.17) is 5.73 Å². The zero-order valence-electron chi connectivity index (χ0n) is 8.97. The third-order valence-electron chi connectivity index (χ3n) is 3.52. The highest BCUT2D eigenvalue weighted by atomic mass is 79.9. The average molecular weight is 288 g/mol. The van der Waals surface area contributed by atoms with E-state index in [-0.39, 0.29) is 0 Å². The van der Waals surface area contributed by atoms with E-state index in [2.05, 4.69) is 27.4 Å². The van der Waals surface area contributed by atoms with E-state index in [1.807, 2.05) is 11.3 Å². The summed E-state index contributed by atoms with van der Waals surface area (Å²) in [6, 6.07) is 2.25. The lowest BCUT2D eigenvalue weighted by atomic mass is 9.71. The fraction of sp³-hybridized carbons (Fsp3) is 0.667. The summed E-state index contributed by atoms with van der Waals surface area (Å²) < 4.78 is 1.21. The van der Waals surface area contributed by atoms with Crippen molar-refractivity contribution < 1.29 is 0 Å². The van der Waals surface area contributed by atoms with Crippen molar-refractivity contribution >= 4 is 27.3 Å². The molecule has 0 aromatic carbocycles. The van der Waals surface area contributed by atoms with Crippen LogP contribution >= 0.6 is 27.3 Å². The summed E-state index contributed by atoms with van der Waals surface area (Å²) >= 11 is 5.37. The molecule has 1 aromatic rings. The maximum Gasteiger partial charge on any atom is 0.0285 e. The molecule has 2 N–H and O–H groups in total. The highest BCUT2D eigenvalue weighted by molar-refractivity contribution is 9.10. The van der Waals surface area contributed by atoms with Gasteiger partial charge in [0.05, 0.1) is 0 Å². The maximum absolute atomic E-state index is 5.99. The van der Waals surface area contributed by atoms with Gasteiger partial charge in [0.15, 0.2) is 0 Å². The summed E-state index contributed by atoms with van der Waals surface area (Å²) in [4.78, 5) is 1.48. The fourth-order valence-electron chi connectivity index (χ4n) is 2.57. The smallest absolute Gasteiger partial charge is 0.0285 e. The summed E-state index contributed by atoms with van der Waals surface area (Å²) in [6.07, 6.45) is 7.95. The van der Waals surface area contributed by atoms with Gasteiger partial charge in [0.2, 0.25) is 0 Å². The molecule has 84 valence electrons. The topological polar surface area (TPSA) is 26.0 Å². The van der Waals surface area contributed by atoms with Gasteiger partial charge in [0.25, 0.3) is 0 Å². The van der Waals surface area contributed by atoms with E-state index in [1.54, 1.807) is 0 Å². The van der Waals surface area contributed by atoms with Crippen LogP contribution in [0.25, 0.3) is 0 Å². The second kappa shape index (κ2) is 4.98. The average Bonchev–Trinajstić information content (AvgIpc) is 2.65. The third-order valence-corrected chi connectivity index (χ3v) is 5.22. The monoisotopic (exact) mass is 287 g/mol. The van der Waals surface area contributed by atoms with Crippen molar-refractivity contribution in [1.29, 1.82) is 0 Å². The van der Waals surface area contributed by atoms with E-state index < -0.39 is 0 Å². The van der Waals surface area contributed by atoms with E-state index in [0.717, 1.165) is 6.54 Å². The Kier molecular flexibility index (Phi) is 3.86. The molecule has 0 spiro atoms. The minimum Gasteiger partial charge on any atom is -0.330 e. The van der Waals surface area contributed by atoms with Crippen LogP contribution in [0.5, 0.6) is 0 Å². The molecule has 0 unspecified atom stereocenters. The molecule has 1 aliphatic carbocycles. The molecule has 3 heteroatoms. The normalized spacial score (nSPS) is 20.4. The molecule has 0 saturated heterocycles. The van der Waals surface area contributed by atoms with Crippen molar-refractivity contribution in [3.63, 3.8) is 0 Å². The van der Waals surface area contributed by atoms with Crippen LogP contribution in [0, 0.1) is 5.41 Å². The first-order chi connectivity index (χ1) is 7.24. The number of halogens is 1. The molecule has 0 bridgehead atoms. The maximum atomic E-state index is 5.99. The first kappa shape index (κ1) is 11.6. The first-order valence-electron chi connectivity index (χ1n) is 5.67. The summed E-state index contributed by atoms with van der Waals surface area (Å²) in [6.45, 7) is 0.850. The standard InChI is InChI=1S/C12H18BrNS/c13-10-6-11(15-8-10)7-12(9-14)4-2-1-3-5-12/h6,8H,1-5,7,9,14H2. The van der Waals surface area contributed by atoms with Crippen LogP contribution < -0.4 is 5.73 Å². The molecular weight excluding hydrogens is 270 g/mol. The minimum atomic E-state index is 0.405. The van der Waals surface area contributed by atoms with Gasteiger partial charge in [-0.3, -0.25) is 0 Å². The lowest BCUT2D eigenvalue weighted by Crippen LogP contribution is -2.34. The van der Waals surface area contributed by atoms with E-state index >= 15 is 0 Å². The Balaban J connectivity index is 2.06. The zero-order valence-corrected chi connectivity index (χ0v) is 11.4. The van der Waals surface area contributed by atoms with Gasteiger partial charge < -0.3 is 5.73 Å². The lowest BCUT2D eigenvalue weighted by Gasteiger charge is -2.36. The quantitative estimate of drug-likeness (QED) is 0.895. The van der Waals surface area contributed by atoms with Gasteiger partial charge in [-0.05, 0) is 53.2 Å². The number of rotatable bonds is 3. The van der Waals surface area contributed by atoms with Gasteiger partial charge in [0.1, 0.15) is 0 Å². The van der Waals surface area contributed by atoms with Crippen LogP contribution in [-0.2, 0) is 6.42 Å². The fourth-order valence-corrected chi connectivity index (χ4v) is 4.20. The van der Waals surface area contributed by atoms with Gasteiger partial charge in [0, 0.05) is 14.7 Å². The molecule has 0 radical (unpaired) electrons. The molecule has 15 heavy (non-hydrogen) atoms. The molecule has 1 aliphatic rings. The number of nitrogens with two attached hydrogens (primary N) is 1. The largest absolute Gasteiger partial charge is 0.330 e. The summed E-state index contributed by atoms with van der Waals surface area (Å²) in [7, 11) is 0. The first-order valence-corrected chi connectivity index (χ1v) is 7.34. The molecule has 1 nitrogen and oxygen atoms in total. The highest BCUT2D eigenvalue weighted by Gasteiger charge is 2.31. The van der Waals surface area contributed by atoms with Gasteiger partial charge >= 0.3 is 0 Å². The van der Waals surface area contributed by atoms with Crippen LogP contribution in [-0.4, -0.2) is 6.54 Å². The molecule has 1 aromatic heterocycles. The lowest BCUT2D eigenvalue weighted by molar-refractivity contribution is 0.199. The predicted molar refractivity (Wildman–Crippen MR) is 70.3 cm³/mol. The van der Waals surface area contributed by atoms with Crippen LogP contribution in [0.15, 0.2) is 15.9 Å². The van der Waals surface area contributed by atoms with Crippen LogP contribution in [0.3, 0.4) is 0 Å². The predicted octanol–water partition coefficient (Wildman–Crippen LogP) is 3.96. The van der Waals surface area contributed by atoms with Crippen molar-refractivity contribution in [3.05, 3.63) is 20.8 Å². The summed E-state index contributed by atoms with van der Waals surface area (Å²) in [5.74, 6) is 0. The second-order valence-corrected chi connectivity index (χ2v) is 6.58. The highest BCUT2D eigenvalue weighted by Crippen LogP contribution is 2.39. The van der Waals surface area contributed by atoms with E-state index in [0.29, 0.717) is 5.41 Å². The minimum absolute atomic E-state index is 0.405. The van der Waals surface area contributed by atoms with Gasteiger partial charge in [-0.25, -0.2) is 0 Å². The molecule has 0 amide bonds. The van der Waals surface area contributed by atoms with Crippen molar-refractivity contribution in [1.82, 2.24) is 0 Å². The van der Waals surface area contributed by atoms with Gasteiger partial charge in [-0.1, -0.05) is 19.3 Å². The van der Waals surface area contributed by atoms with Crippen molar-refractivity contribution in [3.8, 4) is 0 Å². The Morgan fingerprint density at radius 1 is 1.33 bits per heavy atom. The molecule has 1 heterocycles. The number of thiophene rings is 1. The summed E-state index contributed by atoms with van der Waals surface area (Å²) in [5.41, 5.74) is 6.39. The van der Waals surface area contributed by atoms with Crippen LogP contribution in [0.2, 0.25) is 0 Å². The van der Waals surface area contributed by atoms with Crippen LogP contribution in [0.1, 0.15) is 37.0 Å². The van der Waals surface area contributed by atoms with Gasteiger partial charge in [-0.15, -0.1) is 11.3 Å². The van der Waals surface area contributed by atoms with Crippen LogP contribution in [0.4, 0.5) is 0 Å². The second-order valence-electron chi connectivity index (χ2n) is 4.67. The SMILES string of the molecule is NCC1(Cc2cc(Br)cs2)CCCCC1. The number of hydrogen-bond donors (Lipinski definition) is 1. The molecule has 1 fully saturated rings. The van der Waals surface area contributed by atoms with Crippen molar-refractivity contribution in [2.75, 3.05) is 6.54 Å². The third kappa shape index (κ3) is 2.83. The molecular formula is C12H18BrNS. The number of hydrogen-bond acceptors (Lipinski definition) is 2. The molecule has 0 aliphatic heterocycles. The Bertz CT molecular complexity index is 315. The molecule has 2 rings (SSSR count). The van der Waals surface area contributed by atoms with Crippen molar-refractivity contribution in [2.45, 2.75) is 38.5 Å². The Labute approximate surface area is 104 Å². The zero-order chi connectivity index (χ0) is 10.7. The van der Waals surface area contributed by atoms with Gasteiger partial charge in [-0.2, -0.15) is 0 Å².